The lowest BCUT2D eigenvalue weighted by Crippen LogP contribution is -2.29. The zero-order chi connectivity index (χ0) is 19.7. The highest BCUT2D eigenvalue weighted by Gasteiger charge is 2.15. The summed E-state index contributed by atoms with van der Waals surface area (Å²) in [5.41, 5.74) is 4.09. The Hall–Kier alpha value is -2.36. The number of ether oxygens (including phenoxy) is 1. The molecular weight excluding hydrogens is 434 g/mol. The molecule has 4 rings (SSSR count). The van der Waals surface area contributed by atoms with Gasteiger partial charge < -0.3 is 4.74 Å². The Balaban J connectivity index is 1.92. The van der Waals surface area contributed by atoms with Crippen LogP contribution in [0.4, 0.5) is 0 Å². The molecule has 140 valence electrons. The van der Waals surface area contributed by atoms with Crippen molar-refractivity contribution in [1.29, 1.82) is 0 Å². The minimum Gasteiger partial charge on any atom is -0.497 e. The van der Waals surface area contributed by atoms with Gasteiger partial charge in [-0.1, -0.05) is 70.0 Å². The van der Waals surface area contributed by atoms with Crippen LogP contribution >= 0.6 is 27.5 Å². The fourth-order valence-electron chi connectivity index (χ4n) is 3.31. The van der Waals surface area contributed by atoms with Crippen molar-refractivity contribution >= 4 is 39.7 Å². The van der Waals surface area contributed by atoms with Gasteiger partial charge in [0.15, 0.2) is 0 Å². The highest BCUT2D eigenvalue weighted by molar-refractivity contribution is 9.10. The van der Waals surface area contributed by atoms with Gasteiger partial charge in [-0.2, -0.15) is 0 Å². The van der Waals surface area contributed by atoms with Crippen LogP contribution in [-0.4, -0.2) is 16.4 Å². The van der Waals surface area contributed by atoms with Crippen molar-refractivity contribution < 1.29 is 4.74 Å². The standard InChI is InChI=1S/C24H19BrClNO/c1-24(25)13-3-4-22-17(15-24)7-12-23(27-22)21-14-19(28-2)10-11-20(21)16-5-8-18(26)9-6-16/h3-15H,1-2H3. The second kappa shape index (κ2) is 7.57. The largest absolute Gasteiger partial charge is 0.497 e. The first-order valence-electron chi connectivity index (χ1n) is 8.98. The topological polar surface area (TPSA) is 22.1 Å². The predicted molar refractivity (Wildman–Crippen MR) is 121 cm³/mol. The van der Waals surface area contributed by atoms with E-state index in [4.69, 9.17) is 21.3 Å². The molecule has 0 bridgehead atoms. The molecule has 0 aliphatic heterocycles. The van der Waals surface area contributed by atoms with Crippen LogP contribution in [0.25, 0.3) is 34.5 Å². The number of allylic oxidation sites excluding steroid dienone is 2. The van der Waals surface area contributed by atoms with Crippen molar-refractivity contribution in [2.24, 2.45) is 0 Å². The summed E-state index contributed by atoms with van der Waals surface area (Å²) in [6, 6.07) is 18.1. The molecule has 1 aliphatic carbocycles. The molecule has 28 heavy (non-hydrogen) atoms. The van der Waals surface area contributed by atoms with E-state index in [1.807, 2.05) is 48.6 Å². The SMILES string of the molecule is COc1ccc(-c2ccc(Cl)cc2)c(-c2ccc3c(n2)=CC=CC(C)(Br)C=3)c1. The lowest BCUT2D eigenvalue weighted by atomic mass is 9.96. The molecule has 0 saturated carbocycles. The van der Waals surface area contributed by atoms with Crippen molar-refractivity contribution in [3.8, 4) is 28.1 Å². The van der Waals surface area contributed by atoms with E-state index >= 15 is 0 Å². The van der Waals surface area contributed by atoms with Gasteiger partial charge in [0.1, 0.15) is 5.75 Å². The average Bonchev–Trinajstić information content (AvgIpc) is 2.84. The number of fused-ring (bicyclic) bond motifs is 1. The molecule has 1 heterocycles. The molecule has 1 aromatic heterocycles. The van der Waals surface area contributed by atoms with Gasteiger partial charge in [0.2, 0.25) is 0 Å². The van der Waals surface area contributed by atoms with E-state index in [9.17, 15) is 0 Å². The first-order chi connectivity index (χ1) is 13.4. The number of aromatic nitrogens is 1. The molecule has 2 aromatic carbocycles. The van der Waals surface area contributed by atoms with Crippen LogP contribution in [0.2, 0.25) is 5.02 Å². The van der Waals surface area contributed by atoms with Gasteiger partial charge in [-0.05, 0) is 59.7 Å². The van der Waals surface area contributed by atoms with E-state index in [0.29, 0.717) is 0 Å². The highest BCUT2D eigenvalue weighted by atomic mass is 79.9. The quantitative estimate of drug-likeness (QED) is 0.499. The normalized spacial score (nSPS) is 17.9. The summed E-state index contributed by atoms with van der Waals surface area (Å²) in [6.07, 6.45) is 8.37. The maximum atomic E-state index is 6.07. The maximum Gasteiger partial charge on any atom is 0.119 e. The van der Waals surface area contributed by atoms with E-state index in [1.165, 1.54) is 0 Å². The van der Waals surface area contributed by atoms with Crippen LogP contribution in [0.3, 0.4) is 0 Å². The zero-order valence-electron chi connectivity index (χ0n) is 15.6. The maximum absolute atomic E-state index is 6.07. The van der Waals surface area contributed by atoms with E-state index < -0.39 is 0 Å². The Morgan fingerprint density at radius 2 is 1.79 bits per heavy atom. The van der Waals surface area contributed by atoms with Crippen molar-refractivity contribution in [3.05, 3.63) is 82.3 Å². The number of nitrogens with zero attached hydrogens (tertiary/aromatic N) is 1. The minimum absolute atomic E-state index is 0.178. The van der Waals surface area contributed by atoms with Crippen molar-refractivity contribution in [3.63, 3.8) is 0 Å². The molecule has 2 nitrogen and oxygen atoms in total. The fourth-order valence-corrected chi connectivity index (χ4v) is 3.84. The van der Waals surface area contributed by atoms with E-state index in [-0.39, 0.29) is 4.32 Å². The van der Waals surface area contributed by atoms with Crippen LogP contribution in [0, 0.1) is 0 Å². The number of methoxy groups -OCH3 is 1. The molecule has 0 spiro atoms. The second-order valence-corrected chi connectivity index (χ2v) is 9.06. The van der Waals surface area contributed by atoms with Gasteiger partial charge in [-0.25, -0.2) is 4.98 Å². The summed E-state index contributed by atoms with van der Waals surface area (Å²) in [5.74, 6) is 0.799. The van der Waals surface area contributed by atoms with Crippen LogP contribution in [0.15, 0.2) is 66.7 Å². The third kappa shape index (κ3) is 3.91. The minimum atomic E-state index is -0.178. The summed E-state index contributed by atoms with van der Waals surface area (Å²) in [4.78, 5) is 4.95. The fraction of sp³-hybridized carbons (Fsp3) is 0.125. The third-order valence-corrected chi connectivity index (χ3v) is 5.47. The van der Waals surface area contributed by atoms with Gasteiger partial charge in [-0.15, -0.1) is 0 Å². The van der Waals surface area contributed by atoms with Crippen molar-refractivity contribution in [2.45, 2.75) is 11.2 Å². The molecule has 1 atom stereocenters. The molecule has 1 unspecified atom stereocenters. The average molecular weight is 453 g/mol. The zero-order valence-corrected chi connectivity index (χ0v) is 18.0. The number of pyridine rings is 1. The van der Waals surface area contributed by atoms with E-state index in [1.54, 1.807) is 7.11 Å². The molecular formula is C24H19BrClNO. The lowest BCUT2D eigenvalue weighted by Gasteiger charge is -2.13. The summed E-state index contributed by atoms with van der Waals surface area (Å²) >= 11 is 9.80. The van der Waals surface area contributed by atoms with Crippen LogP contribution in [0.1, 0.15) is 6.92 Å². The number of alkyl halides is 1. The molecule has 3 aromatic rings. The summed E-state index contributed by atoms with van der Waals surface area (Å²) in [5, 5.41) is 2.77. The first kappa shape index (κ1) is 19.0. The summed E-state index contributed by atoms with van der Waals surface area (Å²) < 4.78 is 5.29. The molecule has 0 radical (unpaired) electrons. The van der Waals surface area contributed by atoms with E-state index in [2.05, 4.69) is 53.2 Å². The van der Waals surface area contributed by atoms with Crippen LogP contribution in [-0.2, 0) is 0 Å². The monoisotopic (exact) mass is 451 g/mol. The molecule has 1 aliphatic rings. The van der Waals surface area contributed by atoms with Crippen molar-refractivity contribution in [1.82, 2.24) is 4.98 Å². The van der Waals surface area contributed by atoms with Gasteiger partial charge in [0.25, 0.3) is 0 Å². The van der Waals surface area contributed by atoms with Gasteiger partial charge >= 0.3 is 0 Å². The predicted octanol–water partition coefficient (Wildman–Crippen LogP) is 5.36. The Morgan fingerprint density at radius 1 is 1.00 bits per heavy atom. The Morgan fingerprint density at radius 3 is 2.54 bits per heavy atom. The number of halogens is 2. The third-order valence-electron chi connectivity index (χ3n) is 4.73. The van der Waals surface area contributed by atoms with Gasteiger partial charge in [0.05, 0.1) is 22.5 Å². The van der Waals surface area contributed by atoms with Gasteiger partial charge in [-0.3, -0.25) is 0 Å². The number of hydrogen-bond acceptors (Lipinski definition) is 2. The molecule has 0 fully saturated rings. The Labute approximate surface area is 178 Å². The molecule has 4 heteroatoms. The smallest absolute Gasteiger partial charge is 0.119 e. The number of benzene rings is 2. The summed E-state index contributed by atoms with van der Waals surface area (Å²) in [6.45, 7) is 2.11. The van der Waals surface area contributed by atoms with Crippen LogP contribution in [0.5, 0.6) is 5.75 Å². The van der Waals surface area contributed by atoms with Crippen LogP contribution < -0.4 is 15.3 Å². The Kier molecular flexibility index (Phi) is 5.13. The summed E-state index contributed by atoms with van der Waals surface area (Å²) in [7, 11) is 1.68. The molecule has 0 N–H and O–H groups in total. The number of hydrogen-bond donors (Lipinski definition) is 0. The Bertz CT molecular complexity index is 1180. The molecule has 0 saturated heterocycles. The molecule has 0 amide bonds. The second-order valence-electron chi connectivity index (χ2n) is 6.91. The highest BCUT2D eigenvalue weighted by Crippen LogP contribution is 2.34. The van der Waals surface area contributed by atoms with E-state index in [0.717, 1.165) is 43.7 Å². The van der Waals surface area contributed by atoms with Crippen molar-refractivity contribution in [2.75, 3.05) is 7.11 Å². The first-order valence-corrected chi connectivity index (χ1v) is 10.1. The van der Waals surface area contributed by atoms with Gasteiger partial charge in [0, 0.05) is 10.6 Å². The lowest BCUT2D eigenvalue weighted by molar-refractivity contribution is 0.415. The number of rotatable bonds is 3.